The molecule has 7 heteroatoms. The van der Waals surface area contributed by atoms with E-state index in [1.165, 1.54) is 0 Å². The molecule has 0 bridgehead atoms. The van der Waals surface area contributed by atoms with E-state index in [2.05, 4.69) is 20.3 Å². The Hall–Kier alpha value is -3.09. The number of carbonyl (C=O) groups is 1. The summed E-state index contributed by atoms with van der Waals surface area (Å²) in [6.45, 7) is 1.49. The molecule has 4 rings (SSSR count). The number of likely N-dealkylation sites (tertiary alicyclic amines) is 1. The Bertz CT molecular complexity index is 942. The summed E-state index contributed by atoms with van der Waals surface area (Å²) in [7, 11) is 3.92. The fourth-order valence-corrected chi connectivity index (χ4v) is 3.48. The van der Waals surface area contributed by atoms with Crippen LogP contribution in [0, 0.1) is 0 Å². The predicted molar refractivity (Wildman–Crippen MR) is 107 cm³/mol. The van der Waals surface area contributed by atoms with Crippen molar-refractivity contribution in [2.45, 2.75) is 18.9 Å². The second kappa shape index (κ2) is 7.26. The van der Waals surface area contributed by atoms with Crippen LogP contribution in [0.5, 0.6) is 0 Å². The van der Waals surface area contributed by atoms with Gasteiger partial charge in [0.05, 0.1) is 0 Å². The van der Waals surface area contributed by atoms with Crippen LogP contribution in [-0.2, 0) is 0 Å². The van der Waals surface area contributed by atoms with Crippen molar-refractivity contribution in [3.05, 3.63) is 48.4 Å². The Balaban J connectivity index is 1.37. The van der Waals surface area contributed by atoms with Gasteiger partial charge in [0.2, 0.25) is 0 Å². The van der Waals surface area contributed by atoms with Crippen LogP contribution in [0.2, 0.25) is 0 Å². The number of nitrogens with zero attached hydrogens (tertiary/aromatic N) is 4. The third-order valence-corrected chi connectivity index (χ3v) is 5.05. The SMILES string of the molecule is CN(C)c1cc(NC2CCN(C(=O)c3ccc4[nH]ccc4c3)CC2)ncn1. The monoisotopic (exact) mass is 364 g/mol. The van der Waals surface area contributed by atoms with E-state index in [4.69, 9.17) is 0 Å². The summed E-state index contributed by atoms with van der Waals surface area (Å²) in [5, 5.41) is 4.54. The first-order valence-electron chi connectivity index (χ1n) is 9.22. The highest BCUT2D eigenvalue weighted by molar-refractivity contribution is 5.98. The average Bonchev–Trinajstić information content (AvgIpc) is 3.16. The van der Waals surface area contributed by atoms with Crippen LogP contribution in [0.1, 0.15) is 23.2 Å². The van der Waals surface area contributed by atoms with Gasteiger partial charge < -0.3 is 20.1 Å². The van der Waals surface area contributed by atoms with Gasteiger partial charge in [0.15, 0.2) is 0 Å². The van der Waals surface area contributed by atoms with E-state index >= 15 is 0 Å². The van der Waals surface area contributed by atoms with Gasteiger partial charge in [-0.25, -0.2) is 9.97 Å². The average molecular weight is 364 g/mol. The summed E-state index contributed by atoms with van der Waals surface area (Å²) in [4.78, 5) is 28.4. The Morgan fingerprint density at radius 3 is 2.78 bits per heavy atom. The van der Waals surface area contributed by atoms with Crippen molar-refractivity contribution in [3.63, 3.8) is 0 Å². The van der Waals surface area contributed by atoms with Crippen molar-refractivity contribution in [2.75, 3.05) is 37.4 Å². The van der Waals surface area contributed by atoms with Crippen molar-refractivity contribution >= 4 is 28.4 Å². The molecule has 7 nitrogen and oxygen atoms in total. The molecule has 140 valence electrons. The molecule has 1 amide bonds. The summed E-state index contributed by atoms with van der Waals surface area (Å²) in [6, 6.07) is 10.1. The molecular weight excluding hydrogens is 340 g/mol. The first kappa shape index (κ1) is 17.3. The van der Waals surface area contributed by atoms with Crippen molar-refractivity contribution in [1.82, 2.24) is 19.9 Å². The Morgan fingerprint density at radius 1 is 1.19 bits per heavy atom. The summed E-state index contributed by atoms with van der Waals surface area (Å²) in [6.07, 6.45) is 5.28. The summed E-state index contributed by atoms with van der Waals surface area (Å²) < 4.78 is 0. The standard InChI is InChI=1S/C20H24N6O/c1-25(2)19-12-18(22-13-23-19)24-16-6-9-26(10-7-16)20(27)15-3-4-17-14(11-15)5-8-21-17/h3-5,8,11-13,16,21H,6-7,9-10H2,1-2H3,(H,22,23,24). The van der Waals surface area contributed by atoms with Gasteiger partial charge in [-0.3, -0.25) is 4.79 Å². The highest BCUT2D eigenvalue weighted by Gasteiger charge is 2.24. The number of anilines is 2. The van der Waals surface area contributed by atoms with E-state index in [1.807, 2.05) is 60.4 Å². The number of nitrogens with one attached hydrogen (secondary N) is 2. The third kappa shape index (κ3) is 3.72. The lowest BCUT2D eigenvalue weighted by Crippen LogP contribution is -2.42. The van der Waals surface area contributed by atoms with E-state index in [0.717, 1.165) is 54.0 Å². The minimum absolute atomic E-state index is 0.105. The fourth-order valence-electron chi connectivity index (χ4n) is 3.48. The lowest BCUT2D eigenvalue weighted by molar-refractivity contribution is 0.0718. The third-order valence-electron chi connectivity index (χ3n) is 5.05. The number of hydrogen-bond donors (Lipinski definition) is 2. The van der Waals surface area contributed by atoms with Gasteiger partial charge in [-0.1, -0.05) is 0 Å². The topological polar surface area (TPSA) is 77.1 Å². The maximum atomic E-state index is 12.8. The number of rotatable bonds is 4. The van der Waals surface area contributed by atoms with Crippen LogP contribution >= 0.6 is 0 Å². The van der Waals surface area contributed by atoms with Crippen molar-refractivity contribution in [3.8, 4) is 0 Å². The summed E-state index contributed by atoms with van der Waals surface area (Å²) in [5.74, 6) is 1.81. The largest absolute Gasteiger partial charge is 0.367 e. The van der Waals surface area contributed by atoms with E-state index in [0.29, 0.717) is 6.04 Å². The summed E-state index contributed by atoms with van der Waals surface area (Å²) in [5.41, 5.74) is 1.80. The predicted octanol–water partition coefficient (Wildman–Crippen LogP) is 2.74. The number of carbonyl (C=O) groups excluding carboxylic acids is 1. The lowest BCUT2D eigenvalue weighted by atomic mass is 10.0. The molecule has 27 heavy (non-hydrogen) atoms. The molecule has 1 aliphatic heterocycles. The molecule has 2 N–H and O–H groups in total. The van der Waals surface area contributed by atoms with Crippen LogP contribution in [-0.4, -0.2) is 59.0 Å². The zero-order chi connectivity index (χ0) is 18.8. The Labute approximate surface area is 158 Å². The van der Waals surface area contributed by atoms with Crippen molar-refractivity contribution in [2.24, 2.45) is 0 Å². The van der Waals surface area contributed by atoms with E-state index in [9.17, 15) is 4.79 Å². The molecule has 1 aliphatic rings. The molecule has 1 fully saturated rings. The number of amides is 1. The van der Waals surface area contributed by atoms with Crippen LogP contribution in [0.3, 0.4) is 0 Å². The number of hydrogen-bond acceptors (Lipinski definition) is 5. The van der Waals surface area contributed by atoms with Gasteiger partial charge in [0.1, 0.15) is 18.0 Å². The van der Waals surface area contributed by atoms with Crippen molar-refractivity contribution < 1.29 is 4.79 Å². The first-order chi connectivity index (χ1) is 13.1. The number of piperidine rings is 1. The molecule has 1 aromatic carbocycles. The highest BCUT2D eigenvalue weighted by atomic mass is 16.2. The van der Waals surface area contributed by atoms with Gasteiger partial charge in [-0.2, -0.15) is 0 Å². The zero-order valence-corrected chi connectivity index (χ0v) is 15.6. The highest BCUT2D eigenvalue weighted by Crippen LogP contribution is 2.20. The molecule has 0 saturated carbocycles. The molecular formula is C20H24N6O. The van der Waals surface area contributed by atoms with Crippen LogP contribution in [0.4, 0.5) is 11.6 Å². The second-order valence-corrected chi connectivity index (χ2v) is 7.15. The summed E-state index contributed by atoms with van der Waals surface area (Å²) >= 11 is 0. The van der Waals surface area contributed by atoms with E-state index in [-0.39, 0.29) is 5.91 Å². The first-order valence-corrected chi connectivity index (χ1v) is 9.22. The van der Waals surface area contributed by atoms with Gasteiger partial charge in [0, 0.05) is 62.0 Å². The van der Waals surface area contributed by atoms with Crippen LogP contribution in [0.25, 0.3) is 10.9 Å². The zero-order valence-electron chi connectivity index (χ0n) is 15.6. The van der Waals surface area contributed by atoms with Crippen LogP contribution in [0.15, 0.2) is 42.9 Å². The van der Waals surface area contributed by atoms with Crippen molar-refractivity contribution in [1.29, 1.82) is 0 Å². The molecule has 1 saturated heterocycles. The molecule has 3 heterocycles. The number of fused-ring (bicyclic) bond motifs is 1. The number of H-pyrrole nitrogens is 1. The molecule has 0 radical (unpaired) electrons. The van der Waals surface area contributed by atoms with Gasteiger partial charge in [-0.05, 0) is 37.1 Å². The molecule has 3 aromatic rings. The number of aromatic amines is 1. The quantitative estimate of drug-likeness (QED) is 0.744. The van der Waals surface area contributed by atoms with Gasteiger partial charge in [0.25, 0.3) is 5.91 Å². The smallest absolute Gasteiger partial charge is 0.253 e. The minimum Gasteiger partial charge on any atom is -0.367 e. The lowest BCUT2D eigenvalue weighted by Gasteiger charge is -2.32. The maximum absolute atomic E-state index is 12.8. The van der Waals surface area contributed by atoms with Crippen LogP contribution < -0.4 is 10.2 Å². The molecule has 0 spiro atoms. The fraction of sp³-hybridized carbons (Fsp3) is 0.350. The molecule has 2 aromatic heterocycles. The molecule has 0 atom stereocenters. The Kier molecular flexibility index (Phi) is 4.66. The van der Waals surface area contributed by atoms with E-state index < -0.39 is 0 Å². The molecule has 0 aliphatic carbocycles. The second-order valence-electron chi connectivity index (χ2n) is 7.15. The minimum atomic E-state index is 0.105. The van der Waals surface area contributed by atoms with Gasteiger partial charge >= 0.3 is 0 Å². The maximum Gasteiger partial charge on any atom is 0.253 e. The van der Waals surface area contributed by atoms with Gasteiger partial charge in [-0.15, -0.1) is 0 Å². The normalized spacial score (nSPS) is 15.1. The molecule has 0 unspecified atom stereocenters. The Morgan fingerprint density at radius 2 is 2.00 bits per heavy atom. The van der Waals surface area contributed by atoms with E-state index in [1.54, 1.807) is 6.33 Å². The number of benzene rings is 1. The number of aromatic nitrogens is 3.